The molecule has 21 heavy (non-hydrogen) atoms. The van der Waals surface area contributed by atoms with Gasteiger partial charge in [-0.3, -0.25) is 0 Å². The topological polar surface area (TPSA) is 3.24 Å². The van der Waals surface area contributed by atoms with Crippen LogP contribution in [0.15, 0.2) is 54.7 Å². The molecule has 0 saturated heterocycles. The number of nitrogens with zero attached hydrogens (tertiary/aromatic N) is 1. The Morgan fingerprint density at radius 2 is 1.90 bits per heavy atom. The van der Waals surface area contributed by atoms with Gasteiger partial charge in [0.1, 0.15) is 5.82 Å². The highest BCUT2D eigenvalue weighted by Gasteiger charge is 2.23. The summed E-state index contributed by atoms with van der Waals surface area (Å²) in [6.07, 6.45) is 3.03. The molecule has 3 rings (SSSR count). The van der Waals surface area contributed by atoms with E-state index in [1.165, 1.54) is 17.2 Å². The third-order valence-corrected chi connectivity index (χ3v) is 3.90. The van der Waals surface area contributed by atoms with E-state index in [0.717, 1.165) is 29.1 Å². The molecule has 1 aliphatic heterocycles. The Labute approximate surface area is 125 Å². The largest absolute Gasteiger partial charge is 0.314 e. The summed E-state index contributed by atoms with van der Waals surface area (Å²) in [6.45, 7) is 8.45. The summed E-state index contributed by atoms with van der Waals surface area (Å²) in [6, 6.07) is 12.9. The van der Waals surface area contributed by atoms with Crippen molar-refractivity contribution in [1.82, 2.24) is 0 Å². The van der Waals surface area contributed by atoms with Gasteiger partial charge in [0.25, 0.3) is 0 Å². The van der Waals surface area contributed by atoms with Gasteiger partial charge in [-0.1, -0.05) is 37.8 Å². The molecule has 0 radical (unpaired) electrons. The Kier molecular flexibility index (Phi) is 3.38. The quantitative estimate of drug-likeness (QED) is 0.713. The zero-order valence-electron chi connectivity index (χ0n) is 12.4. The second-order valence-corrected chi connectivity index (χ2v) is 5.29. The summed E-state index contributed by atoms with van der Waals surface area (Å²) in [5.74, 6) is -0.230. The predicted molar refractivity (Wildman–Crippen MR) is 87.4 cm³/mol. The van der Waals surface area contributed by atoms with Gasteiger partial charge >= 0.3 is 0 Å². The molecule has 0 unspecified atom stereocenters. The van der Waals surface area contributed by atoms with E-state index < -0.39 is 0 Å². The lowest BCUT2D eigenvalue weighted by Gasteiger charge is -2.34. The maximum absolute atomic E-state index is 13.6. The van der Waals surface area contributed by atoms with E-state index in [4.69, 9.17) is 0 Å². The number of hydrogen-bond donors (Lipinski definition) is 0. The molecule has 0 atom stereocenters. The fourth-order valence-corrected chi connectivity index (χ4v) is 2.93. The van der Waals surface area contributed by atoms with Gasteiger partial charge in [0.2, 0.25) is 0 Å². The van der Waals surface area contributed by atoms with E-state index in [1.54, 1.807) is 12.1 Å². The summed E-state index contributed by atoms with van der Waals surface area (Å²) >= 11 is 0. The highest BCUT2D eigenvalue weighted by atomic mass is 19.1. The molecule has 0 fully saturated rings. The van der Waals surface area contributed by atoms with Crippen LogP contribution in [0.1, 0.15) is 30.0 Å². The fraction of sp³-hybridized carbons (Fsp3) is 0.158. The summed E-state index contributed by atoms with van der Waals surface area (Å²) in [7, 11) is 0. The first kappa shape index (κ1) is 13.6. The number of benzene rings is 2. The van der Waals surface area contributed by atoms with Gasteiger partial charge in [-0.15, -0.1) is 0 Å². The number of hydrogen-bond acceptors (Lipinski definition) is 1. The van der Waals surface area contributed by atoms with Crippen molar-refractivity contribution in [3.05, 3.63) is 77.2 Å². The normalized spacial score (nSPS) is 14.0. The number of allylic oxidation sites excluding steroid dienone is 1. The average Bonchev–Trinajstić information content (AvgIpc) is 2.46. The van der Waals surface area contributed by atoms with Crippen LogP contribution >= 0.6 is 0 Å². The summed E-state index contributed by atoms with van der Waals surface area (Å²) in [5, 5.41) is 0. The van der Waals surface area contributed by atoms with Gasteiger partial charge in [-0.2, -0.15) is 0 Å². The molecule has 0 N–H and O–H groups in total. The molecule has 1 nitrogen and oxygen atoms in total. The molecule has 1 heterocycles. The molecule has 2 aromatic rings. The molecule has 0 amide bonds. The van der Waals surface area contributed by atoms with Crippen LogP contribution < -0.4 is 4.90 Å². The molecule has 2 aromatic carbocycles. The van der Waals surface area contributed by atoms with E-state index >= 15 is 0 Å². The second kappa shape index (κ2) is 5.21. The van der Waals surface area contributed by atoms with Crippen LogP contribution in [0.5, 0.6) is 0 Å². The van der Waals surface area contributed by atoms with Crippen LogP contribution in [0.25, 0.3) is 11.8 Å². The average molecular weight is 279 g/mol. The van der Waals surface area contributed by atoms with Crippen molar-refractivity contribution < 1.29 is 4.39 Å². The molecule has 1 aliphatic rings. The lowest BCUT2D eigenvalue weighted by atomic mass is 9.93. The van der Waals surface area contributed by atoms with E-state index in [0.29, 0.717) is 0 Å². The summed E-state index contributed by atoms with van der Waals surface area (Å²) in [4.78, 5) is 2.05. The van der Waals surface area contributed by atoms with Crippen LogP contribution in [-0.2, 0) is 0 Å². The van der Waals surface area contributed by atoms with Crippen molar-refractivity contribution in [2.24, 2.45) is 0 Å². The SMILES string of the molecule is C=C1c2c(C)cccc2C=C(CC)N1c1cccc(F)c1. The fourth-order valence-electron chi connectivity index (χ4n) is 2.93. The third-order valence-electron chi connectivity index (χ3n) is 3.90. The van der Waals surface area contributed by atoms with Crippen molar-refractivity contribution in [1.29, 1.82) is 0 Å². The maximum Gasteiger partial charge on any atom is 0.125 e. The maximum atomic E-state index is 13.6. The van der Waals surface area contributed by atoms with E-state index in [9.17, 15) is 4.39 Å². The van der Waals surface area contributed by atoms with Crippen LogP contribution in [-0.4, -0.2) is 0 Å². The Balaban J connectivity index is 2.19. The summed E-state index contributed by atoms with van der Waals surface area (Å²) in [5.41, 5.74) is 6.37. The first-order chi connectivity index (χ1) is 10.1. The predicted octanol–water partition coefficient (Wildman–Crippen LogP) is 5.38. The molecule has 106 valence electrons. The minimum absolute atomic E-state index is 0.230. The number of aryl methyl sites for hydroxylation is 1. The summed E-state index contributed by atoms with van der Waals surface area (Å²) < 4.78 is 13.6. The molecule has 0 saturated carbocycles. The van der Waals surface area contributed by atoms with E-state index in [1.807, 2.05) is 6.07 Å². The highest BCUT2D eigenvalue weighted by Crippen LogP contribution is 2.38. The van der Waals surface area contributed by atoms with Gasteiger partial charge < -0.3 is 4.90 Å². The second-order valence-electron chi connectivity index (χ2n) is 5.29. The van der Waals surface area contributed by atoms with Gasteiger partial charge in [-0.05, 0) is 48.7 Å². The van der Waals surface area contributed by atoms with Gasteiger partial charge in [0.15, 0.2) is 0 Å². The van der Waals surface area contributed by atoms with Crippen LogP contribution in [0.4, 0.5) is 10.1 Å². The number of halogens is 1. The van der Waals surface area contributed by atoms with Crippen molar-refractivity contribution in [3.8, 4) is 0 Å². The highest BCUT2D eigenvalue weighted by molar-refractivity contribution is 5.91. The minimum atomic E-state index is -0.230. The molecule has 0 spiro atoms. The van der Waals surface area contributed by atoms with Crippen LogP contribution in [0, 0.1) is 12.7 Å². The van der Waals surface area contributed by atoms with E-state index in [-0.39, 0.29) is 5.82 Å². The minimum Gasteiger partial charge on any atom is -0.314 e. The lowest BCUT2D eigenvalue weighted by Crippen LogP contribution is -2.24. The smallest absolute Gasteiger partial charge is 0.125 e. The first-order valence-corrected chi connectivity index (χ1v) is 7.17. The van der Waals surface area contributed by atoms with Gasteiger partial charge in [0, 0.05) is 22.6 Å². The van der Waals surface area contributed by atoms with Crippen molar-refractivity contribution in [2.75, 3.05) is 4.90 Å². The van der Waals surface area contributed by atoms with E-state index in [2.05, 4.69) is 49.6 Å². The molecule has 0 bridgehead atoms. The van der Waals surface area contributed by atoms with Crippen LogP contribution in [0.2, 0.25) is 0 Å². The van der Waals surface area contributed by atoms with Crippen molar-refractivity contribution in [3.63, 3.8) is 0 Å². The monoisotopic (exact) mass is 279 g/mol. The van der Waals surface area contributed by atoms with Gasteiger partial charge in [0.05, 0.1) is 0 Å². The Morgan fingerprint density at radius 1 is 1.14 bits per heavy atom. The molecule has 0 aliphatic carbocycles. The third kappa shape index (κ3) is 2.27. The van der Waals surface area contributed by atoms with Crippen molar-refractivity contribution in [2.45, 2.75) is 20.3 Å². The molecule has 2 heteroatoms. The molecular formula is C19H18FN. The zero-order chi connectivity index (χ0) is 15.0. The molecular weight excluding hydrogens is 261 g/mol. The van der Waals surface area contributed by atoms with Crippen LogP contribution in [0.3, 0.4) is 0 Å². The Morgan fingerprint density at radius 3 is 2.62 bits per heavy atom. The molecule has 0 aromatic heterocycles. The zero-order valence-corrected chi connectivity index (χ0v) is 12.4. The van der Waals surface area contributed by atoms with Gasteiger partial charge in [-0.25, -0.2) is 4.39 Å². The Bertz CT molecular complexity index is 743. The van der Waals surface area contributed by atoms with Crippen molar-refractivity contribution >= 4 is 17.5 Å². The standard InChI is InChI=1S/C19H18FN/c1-4-17-11-15-8-5-7-13(2)19(15)14(3)21(17)18-10-6-9-16(20)12-18/h5-12H,3-4H2,1-2H3. The number of anilines is 1. The number of rotatable bonds is 2. The Hall–Kier alpha value is -2.35. The lowest BCUT2D eigenvalue weighted by molar-refractivity contribution is 0.628. The first-order valence-electron chi connectivity index (χ1n) is 7.17. The number of fused-ring (bicyclic) bond motifs is 1.